The van der Waals surface area contributed by atoms with Gasteiger partial charge in [-0.1, -0.05) is 0 Å². The largest absolute Gasteiger partial charge is 0.456 e. The Labute approximate surface area is 110 Å². The average Bonchev–Trinajstić information content (AvgIpc) is 2.53. The van der Waals surface area contributed by atoms with Gasteiger partial charge in [0.25, 0.3) is 11.6 Å². The van der Waals surface area contributed by atoms with Gasteiger partial charge in [-0.3, -0.25) is 9.36 Å². The summed E-state index contributed by atoms with van der Waals surface area (Å²) in [5, 5.41) is 0. The van der Waals surface area contributed by atoms with E-state index < -0.39 is 23.5 Å². The fourth-order valence-electron chi connectivity index (χ4n) is 1.22. The van der Waals surface area contributed by atoms with Gasteiger partial charge < -0.3 is 4.57 Å². The Bertz CT molecular complexity index is 544. The van der Waals surface area contributed by atoms with E-state index in [0.717, 1.165) is 22.7 Å². The van der Waals surface area contributed by atoms with Crippen LogP contribution in [0, 0.1) is 6.92 Å². The van der Waals surface area contributed by atoms with Gasteiger partial charge in [0.2, 0.25) is 0 Å². The van der Waals surface area contributed by atoms with E-state index in [2.05, 4.69) is 0 Å². The lowest BCUT2D eigenvalue weighted by Crippen LogP contribution is -2.24. The highest BCUT2D eigenvalue weighted by atomic mass is 35.9. The first-order valence-electron chi connectivity index (χ1n) is 4.50. The Kier molecular flexibility index (Phi) is 4.36. The van der Waals surface area contributed by atoms with Gasteiger partial charge in [-0.05, 0) is 41.5 Å². The first kappa shape index (κ1) is 15.3. The van der Waals surface area contributed by atoms with Crippen LogP contribution in [0.5, 0.6) is 0 Å². The molecule has 0 fully saturated rings. The Hall–Kier alpha value is -0.710. The van der Waals surface area contributed by atoms with E-state index in [-0.39, 0.29) is 0 Å². The number of Topliss-reactive ketones (excluding diaryl/α,β-unsaturated/α-hetero) is 1. The normalized spacial score (nSPS) is 13.2. The van der Waals surface area contributed by atoms with Crippen LogP contribution in [0.15, 0.2) is 17.9 Å². The molecule has 3 nitrogen and oxygen atoms in total. The zero-order chi connectivity index (χ0) is 14.1. The predicted molar refractivity (Wildman–Crippen MR) is 64.2 cm³/mol. The minimum atomic E-state index is -4.98. The summed E-state index contributed by atoms with van der Waals surface area (Å²) in [6.45, 7) is 1.48. The van der Waals surface area contributed by atoms with Crippen molar-refractivity contribution < 1.29 is 22.5 Å². The summed E-state index contributed by atoms with van der Waals surface area (Å²) >= 11 is 10.5. The fourth-order valence-corrected chi connectivity index (χ4v) is 1.81. The highest BCUT2D eigenvalue weighted by molar-refractivity contribution is 8.10. The summed E-state index contributed by atoms with van der Waals surface area (Å²) < 4.78 is 48.9. The quantitative estimate of drug-likeness (QED) is 0.601. The highest BCUT2D eigenvalue weighted by Crippen LogP contribution is 2.58. The molecule has 0 unspecified atom stereocenters. The molecule has 0 bridgehead atoms. The van der Waals surface area contributed by atoms with E-state index in [1.54, 1.807) is 0 Å². The molecule has 0 aromatic carbocycles. The van der Waals surface area contributed by atoms with Gasteiger partial charge in [-0.2, -0.15) is 13.2 Å². The number of carbonyl (C=O) groups excluding carboxylic acids is 1. The SMILES string of the molecule is Cc1ccc(C(=O)C(F)(F)F)n1/C=C\P(=O)(Cl)Cl. The third-order valence-corrected chi connectivity index (χ3v) is 3.16. The van der Waals surface area contributed by atoms with Crippen molar-refractivity contribution >= 4 is 40.3 Å². The van der Waals surface area contributed by atoms with Crippen molar-refractivity contribution in [3.05, 3.63) is 29.3 Å². The number of aromatic nitrogens is 1. The van der Waals surface area contributed by atoms with Crippen molar-refractivity contribution in [3.63, 3.8) is 0 Å². The number of halogens is 5. The molecule has 18 heavy (non-hydrogen) atoms. The Morgan fingerprint density at radius 2 is 1.94 bits per heavy atom. The van der Waals surface area contributed by atoms with Crippen LogP contribution in [0.4, 0.5) is 13.2 Å². The molecule has 0 N–H and O–H groups in total. The molecule has 0 aliphatic rings. The molecule has 9 heteroatoms. The molecule has 0 spiro atoms. The van der Waals surface area contributed by atoms with Crippen molar-refractivity contribution in [2.75, 3.05) is 0 Å². The lowest BCUT2D eigenvalue weighted by Gasteiger charge is -2.08. The standard InChI is InChI=1S/C9H7Cl2F3NO2P/c1-6-2-3-7(8(16)9(12,13)14)15(6)4-5-18(10,11)17/h2-5H,1H3/b5-4-. The van der Waals surface area contributed by atoms with E-state index >= 15 is 0 Å². The third-order valence-electron chi connectivity index (χ3n) is 2.00. The summed E-state index contributed by atoms with van der Waals surface area (Å²) in [5.41, 5.74) is -0.251. The Balaban J connectivity index is 3.22. The highest BCUT2D eigenvalue weighted by Gasteiger charge is 2.40. The number of alkyl halides is 3. The van der Waals surface area contributed by atoms with Crippen molar-refractivity contribution in [2.45, 2.75) is 13.1 Å². The predicted octanol–water partition coefficient (Wildman–Crippen LogP) is 4.64. The van der Waals surface area contributed by atoms with Gasteiger partial charge in [0.05, 0.1) is 5.69 Å². The van der Waals surface area contributed by atoms with Crippen molar-refractivity contribution in [3.8, 4) is 0 Å². The van der Waals surface area contributed by atoms with Crippen LogP contribution in [-0.2, 0) is 4.57 Å². The van der Waals surface area contributed by atoms with Gasteiger partial charge in [-0.25, -0.2) is 0 Å². The maximum atomic E-state index is 12.3. The van der Waals surface area contributed by atoms with E-state index in [0.29, 0.717) is 5.69 Å². The first-order chi connectivity index (χ1) is 8.02. The lowest BCUT2D eigenvalue weighted by atomic mass is 10.3. The van der Waals surface area contributed by atoms with Gasteiger partial charge in [0, 0.05) is 17.7 Å². The first-order valence-corrected chi connectivity index (χ1v) is 8.09. The maximum absolute atomic E-state index is 12.3. The lowest BCUT2D eigenvalue weighted by molar-refractivity contribution is -0.0889. The molecule has 1 aromatic heterocycles. The topological polar surface area (TPSA) is 39.1 Å². The second-order valence-electron chi connectivity index (χ2n) is 3.36. The zero-order valence-corrected chi connectivity index (χ0v) is 11.3. The van der Waals surface area contributed by atoms with E-state index in [1.807, 2.05) is 0 Å². The maximum Gasteiger partial charge on any atom is 0.456 e. The number of ketones is 1. The molecule has 1 aromatic rings. The molecular weight excluding hydrogens is 313 g/mol. The fraction of sp³-hybridized carbons (Fsp3) is 0.222. The van der Waals surface area contributed by atoms with Crippen LogP contribution in [0.25, 0.3) is 6.20 Å². The summed E-state index contributed by atoms with van der Waals surface area (Å²) in [6.07, 6.45) is -4.00. The molecule has 0 amide bonds. The minimum Gasteiger partial charge on any atom is -0.318 e. The number of rotatable bonds is 3. The van der Waals surface area contributed by atoms with Crippen LogP contribution in [0.3, 0.4) is 0 Å². The van der Waals surface area contributed by atoms with Crippen LogP contribution >= 0.6 is 28.3 Å². The van der Waals surface area contributed by atoms with Crippen LogP contribution in [0.2, 0.25) is 0 Å². The van der Waals surface area contributed by atoms with Gasteiger partial charge >= 0.3 is 6.18 Å². The van der Waals surface area contributed by atoms with Crippen LogP contribution in [-0.4, -0.2) is 16.5 Å². The minimum absolute atomic E-state index is 0.348. The molecule has 0 saturated carbocycles. The molecule has 1 heterocycles. The van der Waals surface area contributed by atoms with Crippen LogP contribution < -0.4 is 0 Å². The second kappa shape index (κ2) is 5.11. The number of carbonyl (C=O) groups is 1. The van der Waals surface area contributed by atoms with Gasteiger partial charge in [-0.15, -0.1) is 0 Å². The van der Waals surface area contributed by atoms with Crippen molar-refractivity contribution in [1.29, 1.82) is 0 Å². The summed E-state index contributed by atoms with van der Waals surface area (Å²) in [7, 11) is 0. The zero-order valence-electron chi connectivity index (χ0n) is 8.91. The molecule has 0 atom stereocenters. The molecule has 100 valence electrons. The van der Waals surface area contributed by atoms with Crippen LogP contribution in [0.1, 0.15) is 16.2 Å². The Morgan fingerprint density at radius 1 is 1.39 bits per heavy atom. The second-order valence-corrected chi connectivity index (χ2v) is 8.19. The van der Waals surface area contributed by atoms with Crippen molar-refractivity contribution in [1.82, 2.24) is 4.57 Å². The van der Waals surface area contributed by atoms with E-state index in [9.17, 15) is 22.5 Å². The van der Waals surface area contributed by atoms with Crippen molar-refractivity contribution in [2.24, 2.45) is 0 Å². The van der Waals surface area contributed by atoms with Gasteiger partial charge in [0.15, 0.2) is 0 Å². The average molecular weight is 320 g/mol. The van der Waals surface area contributed by atoms with Gasteiger partial charge in [0.1, 0.15) is 0 Å². The molecular formula is C9H7Cl2F3NO2P. The monoisotopic (exact) mass is 319 g/mol. The van der Waals surface area contributed by atoms with E-state index in [1.165, 1.54) is 13.0 Å². The summed E-state index contributed by atoms with van der Waals surface area (Å²) in [5.74, 6) is -4.72. The molecule has 0 radical (unpaired) electrons. The Morgan fingerprint density at radius 3 is 2.39 bits per heavy atom. The summed E-state index contributed by atoms with van der Waals surface area (Å²) in [4.78, 5) is 11.1. The van der Waals surface area contributed by atoms with E-state index in [4.69, 9.17) is 22.5 Å². The molecule has 0 aliphatic heterocycles. The number of hydrogen-bond donors (Lipinski definition) is 0. The third kappa shape index (κ3) is 3.90. The molecule has 0 aliphatic carbocycles. The summed E-state index contributed by atoms with van der Waals surface area (Å²) in [6, 6.07) is 2.33. The molecule has 0 saturated heterocycles. The molecule has 1 rings (SSSR count). The smallest absolute Gasteiger partial charge is 0.318 e. The number of aryl methyl sites for hydroxylation is 1. The number of nitrogens with zero attached hydrogens (tertiary/aromatic N) is 1. The number of hydrogen-bond acceptors (Lipinski definition) is 2.